The van der Waals surface area contributed by atoms with E-state index in [1.807, 2.05) is 12.2 Å². The fraction of sp³-hybridized carbons (Fsp3) is 0.541. The highest BCUT2D eigenvalue weighted by atomic mass is 32.2. The van der Waals surface area contributed by atoms with Gasteiger partial charge in [-0.2, -0.15) is 5.10 Å². The second-order valence-electron chi connectivity index (χ2n) is 15.2. The molecule has 4 aliphatic rings. The number of hydrogen-bond donors (Lipinski definition) is 3. The maximum atomic E-state index is 14.7. The molecular weight excluding hydrogens is 720 g/mol. The average molecular weight is 765 g/mol. The summed E-state index contributed by atoms with van der Waals surface area (Å²) in [5.74, 6) is -3.55. The van der Waals surface area contributed by atoms with Crippen molar-refractivity contribution in [2.45, 2.75) is 107 Å². The molecule has 4 heterocycles. The fourth-order valence-electron chi connectivity index (χ4n) is 7.39. The summed E-state index contributed by atoms with van der Waals surface area (Å²) in [6, 6.07) is 3.83. The zero-order chi connectivity index (χ0) is 38.6. The lowest BCUT2D eigenvalue weighted by atomic mass is 10.0. The summed E-state index contributed by atoms with van der Waals surface area (Å²) in [6.45, 7) is 4.88. The van der Waals surface area contributed by atoms with Gasteiger partial charge >= 0.3 is 0 Å². The highest BCUT2D eigenvalue weighted by Crippen LogP contribution is 2.47. The molecule has 3 aromatic rings. The van der Waals surface area contributed by atoms with Crippen molar-refractivity contribution >= 4 is 44.7 Å². The standard InChI is InChI=1S/C37H45FN8O7S/c1-21-17-28(45(4)43-21)31(47)40-27-13-9-7-5-6-8-11-23-19-37(23,35(50)44-54(51,52)36(3)15-16-36)42-32(48)29-18-24(20-46(29)34(27)49)53-33-22(2)39-26-14-10-12-25(38)30(26)41-33/h8,10-12,14,17,23-24,27,29H,5-7,9,13,15-16,18-20H2,1-4H3,(H,40,47)(H,42,48)(H,44,50)/b11-8-/t23?,24-,27+,29+,37-/m1/s1. The van der Waals surface area contributed by atoms with Crippen LogP contribution in [0.5, 0.6) is 5.88 Å². The van der Waals surface area contributed by atoms with Crippen LogP contribution in [0.25, 0.3) is 11.0 Å². The molecule has 1 unspecified atom stereocenters. The van der Waals surface area contributed by atoms with Crippen molar-refractivity contribution in [2.75, 3.05) is 6.54 Å². The van der Waals surface area contributed by atoms with Gasteiger partial charge in [0.1, 0.15) is 40.6 Å². The Labute approximate surface area is 312 Å². The van der Waals surface area contributed by atoms with Crippen LogP contribution in [0.2, 0.25) is 0 Å². The van der Waals surface area contributed by atoms with Crippen LogP contribution in [-0.4, -0.2) is 91.7 Å². The van der Waals surface area contributed by atoms with Crippen LogP contribution in [0.3, 0.4) is 0 Å². The summed E-state index contributed by atoms with van der Waals surface area (Å²) >= 11 is 0. The van der Waals surface area contributed by atoms with Gasteiger partial charge in [0.25, 0.3) is 11.8 Å². The third-order valence-corrected chi connectivity index (χ3v) is 13.2. The number of para-hydroxylation sites is 1. The van der Waals surface area contributed by atoms with Gasteiger partial charge in [-0.25, -0.2) is 22.8 Å². The van der Waals surface area contributed by atoms with E-state index < -0.39 is 73.9 Å². The van der Waals surface area contributed by atoms with Gasteiger partial charge in [0.05, 0.1) is 22.5 Å². The molecule has 2 aliphatic heterocycles. The molecule has 54 heavy (non-hydrogen) atoms. The van der Waals surface area contributed by atoms with Gasteiger partial charge in [0, 0.05) is 19.4 Å². The minimum atomic E-state index is -4.01. The number of aryl methyl sites for hydroxylation is 3. The Morgan fingerprint density at radius 2 is 1.89 bits per heavy atom. The van der Waals surface area contributed by atoms with Crippen molar-refractivity contribution < 1.29 is 36.7 Å². The molecule has 288 valence electrons. The van der Waals surface area contributed by atoms with Gasteiger partial charge < -0.3 is 20.3 Å². The number of allylic oxidation sites excluding steroid dienone is 1. The monoisotopic (exact) mass is 764 g/mol. The van der Waals surface area contributed by atoms with E-state index in [9.17, 15) is 32.0 Å². The first-order valence-corrected chi connectivity index (χ1v) is 19.9. The van der Waals surface area contributed by atoms with Crippen molar-refractivity contribution in [3.8, 4) is 5.88 Å². The fourth-order valence-corrected chi connectivity index (χ4v) is 8.70. The normalized spacial score (nSPS) is 27.5. The van der Waals surface area contributed by atoms with E-state index in [1.54, 1.807) is 40.0 Å². The average Bonchev–Trinajstić information content (AvgIpc) is 3.94. The number of hydrogen-bond acceptors (Lipinski definition) is 10. The van der Waals surface area contributed by atoms with E-state index in [-0.39, 0.29) is 36.5 Å². The molecule has 2 saturated carbocycles. The zero-order valence-corrected chi connectivity index (χ0v) is 31.5. The summed E-state index contributed by atoms with van der Waals surface area (Å²) < 4.78 is 49.8. The Kier molecular flexibility index (Phi) is 9.73. The minimum absolute atomic E-state index is 0.00346. The van der Waals surface area contributed by atoms with Crippen molar-refractivity contribution in [3.05, 3.63) is 59.3 Å². The molecule has 1 saturated heterocycles. The minimum Gasteiger partial charge on any atom is -0.471 e. The number of nitrogens with zero attached hydrogens (tertiary/aromatic N) is 5. The maximum absolute atomic E-state index is 14.7. The Balaban J connectivity index is 1.21. The number of nitrogens with one attached hydrogen (secondary N) is 3. The predicted octanol–water partition coefficient (Wildman–Crippen LogP) is 2.66. The second-order valence-corrected chi connectivity index (χ2v) is 17.4. The topological polar surface area (TPSA) is 195 Å². The largest absolute Gasteiger partial charge is 0.471 e. The molecule has 5 atom stereocenters. The van der Waals surface area contributed by atoms with Gasteiger partial charge in [-0.1, -0.05) is 31.1 Å². The zero-order valence-electron chi connectivity index (χ0n) is 30.7. The SMILES string of the molecule is Cc1cc(C(=O)N[C@H]2CCCCC/C=C\C3C[C@@]3(C(=O)NS(=O)(=O)C3(C)CC3)NC(=O)[C@@H]3C[C@@H](Oc4nc5c(F)cccc5nc4C)CN3C2=O)n(C)n1. The molecule has 1 aromatic carbocycles. The number of benzene rings is 1. The molecule has 7 rings (SSSR count). The van der Waals surface area contributed by atoms with Crippen molar-refractivity contribution in [1.82, 2.24) is 40.0 Å². The van der Waals surface area contributed by atoms with Crippen molar-refractivity contribution in [1.29, 1.82) is 0 Å². The molecule has 15 nitrogen and oxygen atoms in total. The van der Waals surface area contributed by atoms with Crippen LogP contribution >= 0.6 is 0 Å². The van der Waals surface area contributed by atoms with Crippen LogP contribution in [0.4, 0.5) is 4.39 Å². The van der Waals surface area contributed by atoms with E-state index >= 15 is 0 Å². The Bertz CT molecular complexity index is 2170. The number of ether oxygens (including phenoxy) is 1. The number of sulfonamides is 1. The number of rotatable bonds is 7. The lowest BCUT2D eigenvalue weighted by Gasteiger charge is -2.30. The van der Waals surface area contributed by atoms with Gasteiger partial charge in [0.2, 0.25) is 27.7 Å². The molecule has 2 aromatic heterocycles. The van der Waals surface area contributed by atoms with Crippen LogP contribution in [0.15, 0.2) is 36.4 Å². The Morgan fingerprint density at radius 1 is 1.11 bits per heavy atom. The summed E-state index contributed by atoms with van der Waals surface area (Å²) in [6.07, 6.45) is 7.01. The predicted molar refractivity (Wildman–Crippen MR) is 194 cm³/mol. The van der Waals surface area contributed by atoms with E-state index in [2.05, 4.69) is 30.4 Å². The first-order valence-electron chi connectivity index (χ1n) is 18.4. The molecule has 17 heteroatoms. The number of halogens is 1. The lowest BCUT2D eigenvalue weighted by Crippen LogP contribution is -2.58. The second kappa shape index (κ2) is 14.0. The summed E-state index contributed by atoms with van der Waals surface area (Å²) in [4.78, 5) is 66.4. The number of aromatic nitrogens is 4. The highest BCUT2D eigenvalue weighted by molar-refractivity contribution is 7.91. The Hall–Kier alpha value is -4.93. The van der Waals surface area contributed by atoms with Crippen LogP contribution in [-0.2, 0) is 31.5 Å². The van der Waals surface area contributed by atoms with Gasteiger partial charge in [-0.05, 0) is 77.5 Å². The van der Waals surface area contributed by atoms with Crippen LogP contribution in [0, 0.1) is 25.6 Å². The summed E-state index contributed by atoms with van der Waals surface area (Å²) in [7, 11) is -2.38. The van der Waals surface area contributed by atoms with Gasteiger partial charge in [-0.15, -0.1) is 0 Å². The van der Waals surface area contributed by atoms with E-state index in [1.165, 1.54) is 21.7 Å². The molecule has 0 radical (unpaired) electrons. The molecule has 0 bridgehead atoms. The molecule has 2 aliphatic carbocycles. The van der Waals surface area contributed by atoms with Gasteiger partial charge in [-0.3, -0.25) is 28.6 Å². The van der Waals surface area contributed by atoms with Crippen molar-refractivity contribution in [3.63, 3.8) is 0 Å². The number of fused-ring (bicyclic) bond motifs is 3. The maximum Gasteiger partial charge on any atom is 0.270 e. The third kappa shape index (κ3) is 7.17. The molecular formula is C37H45FN8O7S. The van der Waals surface area contributed by atoms with Crippen LogP contribution in [0.1, 0.15) is 86.6 Å². The number of carbonyl (C=O) groups excluding carboxylic acids is 4. The van der Waals surface area contributed by atoms with Crippen molar-refractivity contribution in [2.24, 2.45) is 13.0 Å². The number of amides is 4. The van der Waals surface area contributed by atoms with E-state index in [0.29, 0.717) is 49.0 Å². The summed E-state index contributed by atoms with van der Waals surface area (Å²) in [5.41, 5.74) is 0.0525. The first kappa shape index (κ1) is 37.4. The third-order valence-electron chi connectivity index (χ3n) is 11.1. The molecule has 4 amide bonds. The molecule has 0 spiro atoms. The van der Waals surface area contributed by atoms with E-state index in [0.717, 1.165) is 12.8 Å². The lowest BCUT2D eigenvalue weighted by molar-refractivity contribution is -0.141. The summed E-state index contributed by atoms with van der Waals surface area (Å²) in [5, 5.41) is 9.98. The van der Waals surface area contributed by atoms with Gasteiger partial charge in [0.15, 0.2) is 5.82 Å². The highest BCUT2D eigenvalue weighted by Gasteiger charge is 2.63. The molecule has 3 N–H and O–H groups in total. The first-order chi connectivity index (χ1) is 25.6. The smallest absolute Gasteiger partial charge is 0.270 e. The Morgan fingerprint density at radius 3 is 2.61 bits per heavy atom. The molecule has 3 fully saturated rings. The quantitative estimate of drug-likeness (QED) is 0.301. The van der Waals surface area contributed by atoms with E-state index in [4.69, 9.17) is 4.74 Å². The van der Waals surface area contributed by atoms with Crippen LogP contribution < -0.4 is 20.1 Å². The number of carbonyl (C=O) groups is 4.